The molecule has 2 aromatic rings. The number of nitrogen functional groups attached to an aromatic ring is 1. The molecule has 3 rings (SSSR count). The van der Waals surface area contributed by atoms with E-state index < -0.39 is 5.91 Å². The van der Waals surface area contributed by atoms with Gasteiger partial charge in [-0.1, -0.05) is 0 Å². The number of hydrogen-bond acceptors (Lipinski definition) is 6. The van der Waals surface area contributed by atoms with Gasteiger partial charge in [0.1, 0.15) is 0 Å². The molecule has 8 heteroatoms. The van der Waals surface area contributed by atoms with Gasteiger partial charge in [-0.3, -0.25) is 9.48 Å². The lowest BCUT2D eigenvalue weighted by atomic mass is 9.93. The van der Waals surface area contributed by atoms with Crippen molar-refractivity contribution in [3.8, 4) is 11.4 Å². The second kappa shape index (κ2) is 4.57. The van der Waals surface area contributed by atoms with Crippen molar-refractivity contribution < 1.29 is 9.90 Å². The molecule has 5 N–H and O–H groups in total. The van der Waals surface area contributed by atoms with Crippen molar-refractivity contribution in [2.45, 2.75) is 19.4 Å². The summed E-state index contributed by atoms with van der Waals surface area (Å²) in [6.45, 7) is 0.168. The predicted octanol–water partition coefficient (Wildman–Crippen LogP) is -0.888. The molecular formula is C12H14N6O2. The van der Waals surface area contributed by atoms with E-state index in [0.717, 1.165) is 11.1 Å². The number of nitrogens with zero attached hydrogens (tertiary/aromatic N) is 4. The molecule has 0 spiro atoms. The minimum Gasteiger partial charge on any atom is -0.394 e. The van der Waals surface area contributed by atoms with Crippen molar-refractivity contribution in [3.63, 3.8) is 0 Å². The van der Waals surface area contributed by atoms with Crippen LogP contribution >= 0.6 is 0 Å². The average molecular weight is 274 g/mol. The van der Waals surface area contributed by atoms with Gasteiger partial charge in [0.15, 0.2) is 5.69 Å². The Balaban J connectivity index is 2.26. The zero-order chi connectivity index (χ0) is 14.3. The number of hydrogen-bond donors (Lipinski definition) is 3. The summed E-state index contributed by atoms with van der Waals surface area (Å²) in [6, 6.07) is 0. The molecule has 0 unspecified atom stereocenters. The Bertz CT molecular complexity index is 693. The predicted molar refractivity (Wildman–Crippen MR) is 70.7 cm³/mol. The Morgan fingerprint density at radius 2 is 2.25 bits per heavy atom. The van der Waals surface area contributed by atoms with Crippen LogP contribution < -0.4 is 11.5 Å². The standard InChI is InChI=1S/C12H14N6O2/c13-11(20)9-7-2-1-6-5-15-12(14)16-8(6)10(7)18(17-9)3-4-19/h5,19H,1-4H2,(H2,13,20)(H2,14,15,16). The van der Waals surface area contributed by atoms with Crippen molar-refractivity contribution >= 4 is 11.9 Å². The van der Waals surface area contributed by atoms with E-state index in [-0.39, 0.29) is 24.8 Å². The fourth-order valence-corrected chi connectivity index (χ4v) is 2.52. The summed E-state index contributed by atoms with van der Waals surface area (Å²) in [5.74, 6) is -0.419. The van der Waals surface area contributed by atoms with Gasteiger partial charge in [-0.25, -0.2) is 9.97 Å². The Hall–Kier alpha value is -2.48. The van der Waals surface area contributed by atoms with Crippen LogP contribution in [-0.2, 0) is 19.4 Å². The third kappa shape index (κ3) is 1.81. The number of fused-ring (bicyclic) bond motifs is 3. The van der Waals surface area contributed by atoms with E-state index in [9.17, 15) is 4.79 Å². The molecule has 2 aromatic heterocycles. The van der Waals surface area contributed by atoms with E-state index in [4.69, 9.17) is 16.6 Å². The smallest absolute Gasteiger partial charge is 0.269 e. The SMILES string of the molecule is NC(=O)c1nn(CCO)c2c1CCc1cnc(N)nc1-2. The minimum atomic E-state index is -0.580. The van der Waals surface area contributed by atoms with Gasteiger partial charge in [0.2, 0.25) is 5.95 Å². The van der Waals surface area contributed by atoms with E-state index in [0.29, 0.717) is 24.2 Å². The van der Waals surface area contributed by atoms with Crippen molar-refractivity contribution in [2.75, 3.05) is 12.3 Å². The summed E-state index contributed by atoms with van der Waals surface area (Å²) in [4.78, 5) is 19.7. The number of rotatable bonds is 3. The molecule has 0 atom stereocenters. The zero-order valence-electron chi connectivity index (χ0n) is 10.7. The molecule has 0 aliphatic heterocycles. The molecule has 0 saturated carbocycles. The second-order valence-electron chi connectivity index (χ2n) is 4.59. The van der Waals surface area contributed by atoms with Crippen LogP contribution in [0.3, 0.4) is 0 Å². The van der Waals surface area contributed by atoms with Gasteiger partial charge < -0.3 is 16.6 Å². The van der Waals surface area contributed by atoms with E-state index in [1.807, 2.05) is 0 Å². The molecule has 20 heavy (non-hydrogen) atoms. The lowest BCUT2D eigenvalue weighted by Crippen LogP contribution is -2.16. The third-order valence-electron chi connectivity index (χ3n) is 3.35. The highest BCUT2D eigenvalue weighted by Crippen LogP contribution is 2.33. The molecule has 0 bridgehead atoms. The maximum Gasteiger partial charge on any atom is 0.269 e. The van der Waals surface area contributed by atoms with Crippen LogP contribution in [-0.4, -0.2) is 37.4 Å². The van der Waals surface area contributed by atoms with Crippen molar-refractivity contribution in [2.24, 2.45) is 5.73 Å². The summed E-state index contributed by atoms with van der Waals surface area (Å²) in [5, 5.41) is 13.3. The van der Waals surface area contributed by atoms with Crippen molar-refractivity contribution in [3.05, 3.63) is 23.0 Å². The number of primary amides is 1. The number of aliphatic hydroxyl groups excluding tert-OH is 1. The summed E-state index contributed by atoms with van der Waals surface area (Å²) >= 11 is 0. The van der Waals surface area contributed by atoms with Gasteiger partial charge in [0.05, 0.1) is 24.5 Å². The van der Waals surface area contributed by atoms with Gasteiger partial charge >= 0.3 is 0 Å². The maximum atomic E-state index is 11.5. The number of aliphatic hydroxyl groups is 1. The maximum absolute atomic E-state index is 11.5. The monoisotopic (exact) mass is 274 g/mol. The van der Waals surface area contributed by atoms with Gasteiger partial charge in [0, 0.05) is 11.8 Å². The summed E-state index contributed by atoms with van der Waals surface area (Å²) < 4.78 is 1.56. The van der Waals surface area contributed by atoms with Crippen molar-refractivity contribution in [1.29, 1.82) is 0 Å². The van der Waals surface area contributed by atoms with Crippen LogP contribution in [0.4, 0.5) is 5.95 Å². The Morgan fingerprint density at radius 1 is 1.45 bits per heavy atom. The van der Waals surface area contributed by atoms with Crippen LogP contribution in [0.2, 0.25) is 0 Å². The Kier molecular flexibility index (Phi) is 2.87. The molecule has 1 aliphatic carbocycles. The first-order valence-corrected chi connectivity index (χ1v) is 6.24. The first-order chi connectivity index (χ1) is 9.61. The van der Waals surface area contributed by atoms with E-state index in [1.54, 1.807) is 10.9 Å². The number of nitrogens with two attached hydrogens (primary N) is 2. The molecule has 0 radical (unpaired) electrons. The molecule has 8 nitrogen and oxygen atoms in total. The number of carbonyl (C=O) groups is 1. The lowest BCUT2D eigenvalue weighted by molar-refractivity contribution is 0.0993. The third-order valence-corrected chi connectivity index (χ3v) is 3.35. The lowest BCUT2D eigenvalue weighted by Gasteiger charge is -2.17. The fourth-order valence-electron chi connectivity index (χ4n) is 2.52. The van der Waals surface area contributed by atoms with E-state index in [1.165, 1.54) is 0 Å². The number of amides is 1. The topological polar surface area (TPSA) is 133 Å². The van der Waals surface area contributed by atoms with Crippen LogP contribution in [0.1, 0.15) is 21.6 Å². The van der Waals surface area contributed by atoms with Crippen LogP contribution in [0.25, 0.3) is 11.4 Å². The number of aromatic nitrogens is 4. The molecular weight excluding hydrogens is 260 g/mol. The Labute approximate surface area is 114 Å². The van der Waals surface area contributed by atoms with Gasteiger partial charge in [-0.05, 0) is 18.4 Å². The van der Waals surface area contributed by atoms with Crippen LogP contribution in [0, 0.1) is 0 Å². The van der Waals surface area contributed by atoms with Gasteiger partial charge in [-0.2, -0.15) is 5.10 Å². The highest BCUT2D eigenvalue weighted by Gasteiger charge is 2.28. The molecule has 1 amide bonds. The zero-order valence-corrected chi connectivity index (χ0v) is 10.7. The van der Waals surface area contributed by atoms with Gasteiger partial charge in [0.25, 0.3) is 5.91 Å². The summed E-state index contributed by atoms with van der Waals surface area (Å²) in [5.41, 5.74) is 14.3. The minimum absolute atomic E-state index is 0.0950. The number of aryl methyl sites for hydroxylation is 1. The van der Waals surface area contributed by atoms with E-state index >= 15 is 0 Å². The van der Waals surface area contributed by atoms with Crippen LogP contribution in [0.15, 0.2) is 6.20 Å². The van der Waals surface area contributed by atoms with Crippen molar-refractivity contribution in [1.82, 2.24) is 19.7 Å². The van der Waals surface area contributed by atoms with Crippen LogP contribution in [0.5, 0.6) is 0 Å². The molecule has 0 saturated heterocycles. The first kappa shape index (κ1) is 12.5. The fraction of sp³-hybridized carbons (Fsp3) is 0.333. The highest BCUT2D eigenvalue weighted by molar-refractivity contribution is 5.94. The number of carbonyl (C=O) groups excluding carboxylic acids is 1. The normalized spacial score (nSPS) is 12.8. The van der Waals surface area contributed by atoms with E-state index in [2.05, 4.69) is 15.1 Å². The highest BCUT2D eigenvalue weighted by atomic mass is 16.3. The average Bonchev–Trinajstić information content (AvgIpc) is 2.78. The quantitative estimate of drug-likeness (QED) is 0.665. The molecule has 1 aliphatic rings. The first-order valence-electron chi connectivity index (χ1n) is 6.24. The molecule has 2 heterocycles. The van der Waals surface area contributed by atoms with Gasteiger partial charge in [-0.15, -0.1) is 0 Å². The molecule has 0 fully saturated rings. The molecule has 104 valence electrons. The largest absolute Gasteiger partial charge is 0.394 e. The summed E-state index contributed by atoms with van der Waals surface area (Å²) in [7, 11) is 0. The second-order valence-corrected chi connectivity index (χ2v) is 4.59. The molecule has 0 aromatic carbocycles. The number of anilines is 1. The Morgan fingerprint density at radius 3 is 2.95 bits per heavy atom. The summed E-state index contributed by atoms with van der Waals surface area (Å²) in [6.07, 6.45) is 3.02.